The van der Waals surface area contributed by atoms with Crippen molar-refractivity contribution in [3.05, 3.63) is 40.0 Å². The maximum Gasteiger partial charge on any atom is 0.251 e. The zero-order valence-electron chi connectivity index (χ0n) is 8.63. The molecule has 0 aliphatic carbocycles. The lowest BCUT2D eigenvalue weighted by Gasteiger charge is -2.09. The summed E-state index contributed by atoms with van der Waals surface area (Å²) in [5.74, 6) is -0.398. The Morgan fingerprint density at radius 3 is 2.88 bits per heavy atom. The van der Waals surface area contributed by atoms with Gasteiger partial charge in [0.25, 0.3) is 5.91 Å². The fourth-order valence-electron chi connectivity index (χ4n) is 1.46. The Balaban J connectivity index is 2.06. The number of rotatable bonds is 2. The molecular formula is C10H9BrN2O3S. The summed E-state index contributed by atoms with van der Waals surface area (Å²) in [7, 11) is -3.15. The summed E-state index contributed by atoms with van der Waals surface area (Å²) in [4.78, 5) is 15.7. The zero-order chi connectivity index (χ0) is 12.5. The lowest BCUT2D eigenvalue weighted by atomic mass is 10.2. The third-order valence-electron chi connectivity index (χ3n) is 2.24. The number of hydrogen-bond acceptors (Lipinski definition) is 4. The van der Waals surface area contributed by atoms with E-state index in [0.29, 0.717) is 10.2 Å². The number of halogens is 1. The van der Waals surface area contributed by atoms with Crippen molar-refractivity contribution in [2.24, 2.45) is 0 Å². The first kappa shape index (κ1) is 12.3. The third-order valence-corrected chi connectivity index (χ3v) is 4.06. The van der Waals surface area contributed by atoms with E-state index >= 15 is 0 Å². The molecule has 1 amide bonds. The highest BCUT2D eigenvalue weighted by Gasteiger charge is 2.23. The molecule has 2 heterocycles. The van der Waals surface area contributed by atoms with Crippen molar-refractivity contribution in [3.8, 4) is 0 Å². The fraction of sp³-hybridized carbons (Fsp3) is 0.200. The summed E-state index contributed by atoms with van der Waals surface area (Å²) < 4.78 is 22.9. The van der Waals surface area contributed by atoms with E-state index in [4.69, 9.17) is 0 Å². The number of nitrogens with zero attached hydrogens (tertiary/aromatic N) is 1. The molecule has 1 unspecified atom stereocenters. The maximum absolute atomic E-state index is 11.8. The van der Waals surface area contributed by atoms with Crippen molar-refractivity contribution < 1.29 is 13.2 Å². The predicted octanol–water partition coefficient (Wildman–Crippen LogP) is 0.885. The minimum absolute atomic E-state index is 0.0784. The first-order valence-electron chi connectivity index (χ1n) is 4.80. The molecule has 0 saturated carbocycles. The molecule has 1 aromatic heterocycles. The fourth-order valence-corrected chi connectivity index (χ4v) is 3.06. The molecule has 1 aromatic rings. The van der Waals surface area contributed by atoms with Crippen LogP contribution in [0, 0.1) is 0 Å². The summed E-state index contributed by atoms with van der Waals surface area (Å²) in [6.45, 7) is 0. The molecule has 2 rings (SSSR count). The Labute approximate surface area is 107 Å². The van der Waals surface area contributed by atoms with Gasteiger partial charge in [-0.1, -0.05) is 0 Å². The van der Waals surface area contributed by atoms with Crippen LogP contribution in [-0.4, -0.2) is 31.1 Å². The molecule has 0 fully saturated rings. The second kappa shape index (κ2) is 4.58. The van der Waals surface area contributed by atoms with Gasteiger partial charge in [0, 0.05) is 17.2 Å². The summed E-state index contributed by atoms with van der Waals surface area (Å²) in [6.07, 6.45) is 2.98. The molecule has 1 aliphatic heterocycles. The maximum atomic E-state index is 11.8. The van der Waals surface area contributed by atoms with E-state index in [1.807, 2.05) is 0 Å². The summed E-state index contributed by atoms with van der Waals surface area (Å²) in [5.41, 5.74) is 0.435. The molecule has 0 spiro atoms. The molecule has 17 heavy (non-hydrogen) atoms. The number of aromatic nitrogens is 1. The van der Waals surface area contributed by atoms with Gasteiger partial charge in [-0.2, -0.15) is 0 Å². The van der Waals surface area contributed by atoms with Crippen LogP contribution in [0.4, 0.5) is 0 Å². The van der Waals surface area contributed by atoms with Crippen LogP contribution in [0.1, 0.15) is 10.4 Å². The van der Waals surface area contributed by atoms with Crippen molar-refractivity contribution in [2.45, 2.75) is 6.04 Å². The van der Waals surface area contributed by atoms with E-state index in [9.17, 15) is 13.2 Å². The Hall–Kier alpha value is -1.21. The number of hydrogen-bond donors (Lipinski definition) is 1. The van der Waals surface area contributed by atoms with Crippen LogP contribution in [0.3, 0.4) is 0 Å². The largest absolute Gasteiger partial charge is 0.345 e. The van der Waals surface area contributed by atoms with E-state index in [1.165, 1.54) is 12.3 Å². The van der Waals surface area contributed by atoms with Gasteiger partial charge in [0.1, 0.15) is 4.60 Å². The van der Waals surface area contributed by atoms with Crippen LogP contribution in [-0.2, 0) is 9.84 Å². The summed E-state index contributed by atoms with van der Waals surface area (Å²) in [5, 5.41) is 3.75. The Morgan fingerprint density at radius 1 is 1.53 bits per heavy atom. The molecule has 7 heteroatoms. The van der Waals surface area contributed by atoms with Crippen LogP contribution in [0.5, 0.6) is 0 Å². The van der Waals surface area contributed by atoms with Crippen LogP contribution >= 0.6 is 15.9 Å². The zero-order valence-corrected chi connectivity index (χ0v) is 11.0. The third kappa shape index (κ3) is 3.13. The average molecular weight is 317 g/mol. The molecule has 1 N–H and O–H groups in total. The first-order valence-corrected chi connectivity index (χ1v) is 7.30. The molecule has 1 aliphatic rings. The summed E-state index contributed by atoms with van der Waals surface area (Å²) in [6, 6.07) is 2.68. The molecule has 1 atom stereocenters. The Bertz CT molecular complexity index is 583. The lowest BCUT2D eigenvalue weighted by molar-refractivity contribution is 0.0947. The number of nitrogens with one attached hydrogen (secondary N) is 1. The number of sulfone groups is 1. The highest BCUT2D eigenvalue weighted by molar-refractivity contribution is 9.10. The van der Waals surface area contributed by atoms with Gasteiger partial charge in [-0.3, -0.25) is 4.79 Å². The predicted molar refractivity (Wildman–Crippen MR) is 66.1 cm³/mol. The highest BCUT2D eigenvalue weighted by atomic mass is 79.9. The van der Waals surface area contributed by atoms with Crippen molar-refractivity contribution in [1.29, 1.82) is 0 Å². The summed E-state index contributed by atoms with van der Waals surface area (Å²) >= 11 is 3.16. The van der Waals surface area contributed by atoms with Gasteiger partial charge < -0.3 is 5.32 Å². The first-order chi connectivity index (χ1) is 7.96. The van der Waals surface area contributed by atoms with Gasteiger partial charge in [-0.25, -0.2) is 13.4 Å². The smallest absolute Gasteiger partial charge is 0.251 e. The number of carbonyl (C=O) groups is 1. The van der Waals surface area contributed by atoms with Gasteiger partial charge in [-0.05, 0) is 34.1 Å². The lowest BCUT2D eigenvalue weighted by Crippen LogP contribution is -2.35. The Kier molecular flexibility index (Phi) is 3.30. The van der Waals surface area contributed by atoms with Crippen molar-refractivity contribution in [3.63, 3.8) is 0 Å². The molecular weight excluding hydrogens is 308 g/mol. The van der Waals surface area contributed by atoms with Gasteiger partial charge >= 0.3 is 0 Å². The second-order valence-corrected chi connectivity index (χ2v) is 6.35. The van der Waals surface area contributed by atoms with E-state index in [2.05, 4.69) is 26.2 Å². The van der Waals surface area contributed by atoms with Crippen LogP contribution in [0.2, 0.25) is 0 Å². The van der Waals surface area contributed by atoms with E-state index < -0.39 is 15.9 Å². The normalized spacial score (nSPS) is 21.4. The van der Waals surface area contributed by atoms with Crippen LogP contribution in [0.25, 0.3) is 0 Å². The van der Waals surface area contributed by atoms with Gasteiger partial charge in [0.2, 0.25) is 0 Å². The number of pyridine rings is 1. The van der Waals surface area contributed by atoms with E-state index in [0.717, 1.165) is 5.41 Å². The number of carbonyl (C=O) groups excluding carboxylic acids is 1. The molecule has 0 saturated heterocycles. The minimum Gasteiger partial charge on any atom is -0.345 e. The van der Waals surface area contributed by atoms with Crippen molar-refractivity contribution in [1.82, 2.24) is 10.3 Å². The van der Waals surface area contributed by atoms with Crippen LogP contribution in [0.15, 0.2) is 34.4 Å². The minimum atomic E-state index is -3.15. The number of amides is 1. The van der Waals surface area contributed by atoms with Gasteiger partial charge in [0.05, 0.1) is 11.8 Å². The van der Waals surface area contributed by atoms with Crippen molar-refractivity contribution >= 4 is 31.7 Å². The molecule has 0 bridgehead atoms. The molecule has 0 aromatic carbocycles. The van der Waals surface area contributed by atoms with E-state index in [1.54, 1.807) is 12.1 Å². The Morgan fingerprint density at radius 2 is 2.29 bits per heavy atom. The molecule has 5 nitrogen and oxygen atoms in total. The van der Waals surface area contributed by atoms with Crippen LogP contribution < -0.4 is 5.32 Å². The molecule has 0 radical (unpaired) electrons. The second-order valence-electron chi connectivity index (χ2n) is 3.61. The standard InChI is InChI=1S/C10H9BrN2O3S/c11-9-5-7(1-3-12-9)10(14)13-8-2-4-17(15,16)6-8/h1-5,8H,6H2,(H,13,14). The quantitative estimate of drug-likeness (QED) is 0.822. The topological polar surface area (TPSA) is 76.1 Å². The van der Waals surface area contributed by atoms with Crippen molar-refractivity contribution in [2.75, 3.05) is 5.75 Å². The van der Waals surface area contributed by atoms with Gasteiger partial charge in [0.15, 0.2) is 9.84 Å². The van der Waals surface area contributed by atoms with E-state index in [-0.39, 0.29) is 11.7 Å². The monoisotopic (exact) mass is 316 g/mol. The highest BCUT2D eigenvalue weighted by Crippen LogP contribution is 2.11. The molecule has 90 valence electrons. The SMILES string of the molecule is O=C(NC1C=CS(=O)(=O)C1)c1ccnc(Br)c1. The average Bonchev–Trinajstić information content (AvgIpc) is 2.58. The van der Waals surface area contributed by atoms with Gasteiger partial charge in [-0.15, -0.1) is 0 Å².